The lowest BCUT2D eigenvalue weighted by Gasteiger charge is -2.33. The van der Waals surface area contributed by atoms with Crippen molar-refractivity contribution >= 4 is 17.4 Å². The monoisotopic (exact) mass is 337 g/mol. The molecule has 1 aromatic heterocycles. The fourth-order valence-electron chi connectivity index (χ4n) is 3.53. The number of carbonyl (C=O) groups is 1. The van der Waals surface area contributed by atoms with Gasteiger partial charge in [-0.2, -0.15) is 0 Å². The molecule has 0 radical (unpaired) electrons. The molecule has 0 N–H and O–H groups in total. The summed E-state index contributed by atoms with van der Waals surface area (Å²) in [5.41, 5.74) is 2.64. The van der Waals surface area contributed by atoms with E-state index in [4.69, 9.17) is 0 Å². The van der Waals surface area contributed by atoms with Crippen molar-refractivity contribution in [2.24, 2.45) is 0 Å². The van der Waals surface area contributed by atoms with E-state index in [0.717, 1.165) is 57.1 Å². The SMILES string of the molecule is CN1CCN(c2ccc(C(=O)N3CCCc4ccccc43)nn2)CC1. The molecule has 0 aliphatic carbocycles. The average molecular weight is 337 g/mol. The smallest absolute Gasteiger partial charge is 0.278 e. The van der Waals surface area contributed by atoms with Crippen LogP contribution in [0.3, 0.4) is 0 Å². The minimum absolute atomic E-state index is 0.0652. The summed E-state index contributed by atoms with van der Waals surface area (Å²) in [5, 5.41) is 8.53. The fraction of sp³-hybridized carbons (Fsp3) is 0.421. The average Bonchev–Trinajstić information content (AvgIpc) is 2.68. The molecule has 1 amide bonds. The molecule has 130 valence electrons. The Morgan fingerprint density at radius 2 is 1.76 bits per heavy atom. The predicted molar refractivity (Wildman–Crippen MR) is 98.2 cm³/mol. The van der Waals surface area contributed by atoms with Crippen molar-refractivity contribution in [3.05, 3.63) is 47.7 Å². The number of carbonyl (C=O) groups excluding carboxylic acids is 1. The lowest BCUT2D eigenvalue weighted by atomic mass is 10.0. The van der Waals surface area contributed by atoms with Crippen LogP contribution in [0, 0.1) is 0 Å². The van der Waals surface area contributed by atoms with Crippen LogP contribution in [0.5, 0.6) is 0 Å². The third-order valence-electron chi connectivity index (χ3n) is 5.05. The third kappa shape index (κ3) is 3.22. The van der Waals surface area contributed by atoms with E-state index >= 15 is 0 Å². The lowest BCUT2D eigenvalue weighted by Crippen LogP contribution is -2.45. The molecular weight excluding hydrogens is 314 g/mol. The molecule has 2 aliphatic rings. The minimum Gasteiger partial charge on any atom is -0.353 e. The van der Waals surface area contributed by atoms with Crippen LogP contribution in [-0.4, -0.2) is 60.8 Å². The predicted octanol–water partition coefficient (Wildman–Crippen LogP) is 1.82. The van der Waals surface area contributed by atoms with Gasteiger partial charge in [0.05, 0.1) is 0 Å². The summed E-state index contributed by atoms with van der Waals surface area (Å²) in [6, 6.07) is 11.8. The summed E-state index contributed by atoms with van der Waals surface area (Å²) in [6.07, 6.45) is 2.00. The molecule has 0 bridgehead atoms. The van der Waals surface area contributed by atoms with Crippen LogP contribution >= 0.6 is 0 Å². The highest BCUT2D eigenvalue weighted by atomic mass is 16.2. The van der Waals surface area contributed by atoms with Crippen molar-refractivity contribution < 1.29 is 4.79 Å². The first-order valence-electron chi connectivity index (χ1n) is 8.89. The van der Waals surface area contributed by atoms with Crippen LogP contribution in [0.4, 0.5) is 11.5 Å². The molecule has 0 saturated carbocycles. The standard InChI is InChI=1S/C19H23N5O/c1-22-11-13-23(14-12-22)18-9-8-16(20-21-18)19(25)24-10-4-6-15-5-2-3-7-17(15)24/h2-3,5,7-9H,4,6,10-14H2,1H3. The minimum atomic E-state index is -0.0652. The van der Waals surface area contributed by atoms with Crippen molar-refractivity contribution in [3.8, 4) is 0 Å². The van der Waals surface area contributed by atoms with Crippen LogP contribution in [0.1, 0.15) is 22.5 Å². The van der Waals surface area contributed by atoms with Crippen LogP contribution in [0.25, 0.3) is 0 Å². The Balaban J connectivity index is 1.52. The van der Waals surface area contributed by atoms with Gasteiger partial charge in [-0.3, -0.25) is 4.79 Å². The van der Waals surface area contributed by atoms with Crippen molar-refractivity contribution in [3.63, 3.8) is 0 Å². The first-order valence-corrected chi connectivity index (χ1v) is 8.89. The van der Waals surface area contributed by atoms with Gasteiger partial charge in [0.1, 0.15) is 0 Å². The molecule has 0 atom stereocenters. The highest BCUT2D eigenvalue weighted by Crippen LogP contribution is 2.27. The molecule has 1 saturated heterocycles. The van der Waals surface area contributed by atoms with Gasteiger partial charge in [0, 0.05) is 38.4 Å². The van der Waals surface area contributed by atoms with Gasteiger partial charge in [-0.25, -0.2) is 0 Å². The quantitative estimate of drug-likeness (QED) is 0.837. The van der Waals surface area contributed by atoms with E-state index in [2.05, 4.69) is 33.1 Å². The molecule has 4 rings (SSSR count). The normalized spacial score (nSPS) is 18.1. The Hall–Kier alpha value is -2.47. The van der Waals surface area contributed by atoms with Gasteiger partial charge in [-0.05, 0) is 43.7 Å². The number of likely N-dealkylation sites (N-methyl/N-ethyl adjacent to an activating group) is 1. The van der Waals surface area contributed by atoms with Gasteiger partial charge in [0.25, 0.3) is 5.91 Å². The first-order chi connectivity index (χ1) is 12.2. The largest absolute Gasteiger partial charge is 0.353 e. The first kappa shape index (κ1) is 16.0. The van der Waals surface area contributed by atoms with Gasteiger partial charge in [0.2, 0.25) is 0 Å². The number of amides is 1. The van der Waals surface area contributed by atoms with Gasteiger partial charge in [0.15, 0.2) is 11.5 Å². The maximum Gasteiger partial charge on any atom is 0.278 e. The number of para-hydroxylation sites is 1. The molecule has 0 unspecified atom stereocenters. The number of fused-ring (bicyclic) bond motifs is 1. The number of hydrogen-bond acceptors (Lipinski definition) is 5. The van der Waals surface area contributed by atoms with Crippen LogP contribution in [-0.2, 0) is 6.42 Å². The molecular formula is C19H23N5O. The van der Waals surface area contributed by atoms with Crippen LogP contribution in [0.2, 0.25) is 0 Å². The van der Waals surface area contributed by atoms with Crippen LogP contribution in [0.15, 0.2) is 36.4 Å². The number of rotatable bonds is 2. The third-order valence-corrected chi connectivity index (χ3v) is 5.05. The summed E-state index contributed by atoms with van der Waals surface area (Å²) in [6.45, 7) is 4.66. The summed E-state index contributed by atoms with van der Waals surface area (Å²) in [4.78, 5) is 19.2. The number of aromatic nitrogens is 2. The Bertz CT molecular complexity index is 753. The number of anilines is 2. The molecule has 1 fully saturated rings. The molecule has 3 heterocycles. The number of nitrogens with zero attached hydrogens (tertiary/aromatic N) is 5. The van der Waals surface area contributed by atoms with Crippen molar-refractivity contribution in [2.75, 3.05) is 49.6 Å². The molecule has 6 heteroatoms. The highest BCUT2D eigenvalue weighted by molar-refractivity contribution is 6.05. The van der Waals surface area contributed by atoms with Gasteiger partial charge < -0.3 is 14.7 Å². The number of piperazine rings is 1. The maximum absolute atomic E-state index is 12.9. The Kier molecular flexibility index (Phi) is 4.36. The Labute approximate surface area is 148 Å². The van der Waals surface area contributed by atoms with Crippen molar-refractivity contribution in [1.29, 1.82) is 0 Å². The van der Waals surface area contributed by atoms with E-state index in [1.165, 1.54) is 5.56 Å². The fourth-order valence-corrected chi connectivity index (χ4v) is 3.53. The molecule has 6 nitrogen and oxygen atoms in total. The van der Waals surface area contributed by atoms with E-state index in [-0.39, 0.29) is 5.91 Å². The van der Waals surface area contributed by atoms with Crippen LogP contribution < -0.4 is 9.80 Å². The zero-order valence-corrected chi connectivity index (χ0v) is 14.6. The summed E-state index contributed by atoms with van der Waals surface area (Å²) >= 11 is 0. The van der Waals surface area contributed by atoms with Gasteiger partial charge in [-0.1, -0.05) is 18.2 Å². The maximum atomic E-state index is 12.9. The summed E-state index contributed by atoms with van der Waals surface area (Å²) < 4.78 is 0. The molecule has 25 heavy (non-hydrogen) atoms. The Morgan fingerprint density at radius 1 is 0.960 bits per heavy atom. The van der Waals surface area contributed by atoms with Crippen molar-refractivity contribution in [1.82, 2.24) is 15.1 Å². The summed E-state index contributed by atoms with van der Waals surface area (Å²) in [7, 11) is 2.13. The number of aryl methyl sites for hydroxylation is 1. The Morgan fingerprint density at radius 3 is 2.52 bits per heavy atom. The van der Waals surface area contributed by atoms with E-state index in [1.807, 2.05) is 29.2 Å². The second-order valence-corrected chi connectivity index (χ2v) is 6.76. The molecule has 2 aromatic rings. The van der Waals surface area contributed by atoms with Gasteiger partial charge >= 0.3 is 0 Å². The van der Waals surface area contributed by atoms with Gasteiger partial charge in [-0.15, -0.1) is 10.2 Å². The molecule has 1 aromatic carbocycles. The number of benzene rings is 1. The number of hydrogen-bond donors (Lipinski definition) is 0. The highest BCUT2D eigenvalue weighted by Gasteiger charge is 2.25. The van der Waals surface area contributed by atoms with E-state index in [1.54, 1.807) is 6.07 Å². The second kappa shape index (κ2) is 6.80. The zero-order valence-electron chi connectivity index (χ0n) is 14.6. The summed E-state index contributed by atoms with van der Waals surface area (Å²) in [5.74, 6) is 0.785. The van der Waals surface area contributed by atoms with E-state index in [9.17, 15) is 4.79 Å². The lowest BCUT2D eigenvalue weighted by molar-refractivity contribution is 0.0979. The zero-order chi connectivity index (χ0) is 17.2. The van der Waals surface area contributed by atoms with E-state index in [0.29, 0.717) is 5.69 Å². The van der Waals surface area contributed by atoms with Crippen molar-refractivity contribution in [2.45, 2.75) is 12.8 Å². The molecule has 0 spiro atoms. The second-order valence-electron chi connectivity index (χ2n) is 6.76. The molecule has 2 aliphatic heterocycles. The van der Waals surface area contributed by atoms with E-state index < -0.39 is 0 Å². The topological polar surface area (TPSA) is 52.6 Å².